The number of aromatic nitrogens is 1. The van der Waals surface area contributed by atoms with Crippen molar-refractivity contribution in [1.29, 1.82) is 0 Å². The van der Waals surface area contributed by atoms with Crippen LogP contribution < -0.4 is 5.73 Å². The monoisotopic (exact) mass is 318 g/mol. The van der Waals surface area contributed by atoms with E-state index in [1.54, 1.807) is 6.07 Å². The molecule has 2 aliphatic carbocycles. The first-order chi connectivity index (χ1) is 9.10. The van der Waals surface area contributed by atoms with Crippen LogP contribution in [-0.2, 0) is 12.8 Å². The molecular formula is C15H15BrN2O. The van der Waals surface area contributed by atoms with Gasteiger partial charge in [-0.05, 0) is 55.2 Å². The van der Waals surface area contributed by atoms with Crippen molar-refractivity contribution in [2.24, 2.45) is 11.1 Å². The highest BCUT2D eigenvalue weighted by atomic mass is 79.9. The highest BCUT2D eigenvalue weighted by Gasteiger charge is 2.45. The van der Waals surface area contributed by atoms with E-state index in [4.69, 9.17) is 5.73 Å². The molecule has 1 aromatic heterocycles. The van der Waals surface area contributed by atoms with E-state index < -0.39 is 0 Å². The van der Waals surface area contributed by atoms with E-state index in [1.807, 2.05) is 6.07 Å². The Balaban J connectivity index is 2.01. The van der Waals surface area contributed by atoms with Crippen LogP contribution in [0.3, 0.4) is 0 Å². The van der Waals surface area contributed by atoms with E-state index in [0.717, 1.165) is 28.2 Å². The Morgan fingerprint density at radius 1 is 1.32 bits per heavy atom. The van der Waals surface area contributed by atoms with Gasteiger partial charge in [-0.3, -0.25) is 4.79 Å². The third-order valence-corrected chi connectivity index (χ3v) is 5.44. The summed E-state index contributed by atoms with van der Waals surface area (Å²) in [5.41, 5.74) is 10.2. The molecule has 1 saturated carbocycles. The fraction of sp³-hybridized carbons (Fsp3) is 0.400. The molecule has 1 amide bonds. The van der Waals surface area contributed by atoms with Crippen LogP contribution in [0.25, 0.3) is 10.9 Å². The van der Waals surface area contributed by atoms with Gasteiger partial charge in [-0.2, -0.15) is 0 Å². The molecule has 19 heavy (non-hydrogen) atoms. The molecule has 98 valence electrons. The van der Waals surface area contributed by atoms with Gasteiger partial charge in [0.1, 0.15) is 0 Å². The number of hydrogen-bond donors (Lipinski definition) is 2. The third kappa shape index (κ3) is 1.59. The van der Waals surface area contributed by atoms with Crippen LogP contribution in [0.5, 0.6) is 0 Å². The largest absolute Gasteiger partial charge is 0.366 e. The number of rotatable bonds is 1. The zero-order valence-corrected chi connectivity index (χ0v) is 12.1. The summed E-state index contributed by atoms with van der Waals surface area (Å²) in [5.74, 6) is -0.364. The van der Waals surface area contributed by atoms with Gasteiger partial charge in [0, 0.05) is 15.6 Å². The van der Waals surface area contributed by atoms with Crippen molar-refractivity contribution in [3.63, 3.8) is 0 Å². The molecule has 0 unspecified atom stereocenters. The predicted molar refractivity (Wildman–Crippen MR) is 78.2 cm³/mol. The number of carbonyl (C=O) groups is 1. The fourth-order valence-electron chi connectivity index (χ4n) is 3.45. The van der Waals surface area contributed by atoms with E-state index >= 15 is 0 Å². The minimum atomic E-state index is -0.364. The molecule has 2 aliphatic rings. The van der Waals surface area contributed by atoms with E-state index in [0.29, 0.717) is 11.0 Å². The summed E-state index contributed by atoms with van der Waals surface area (Å²) in [6.45, 7) is 0. The molecule has 0 radical (unpaired) electrons. The van der Waals surface area contributed by atoms with Crippen molar-refractivity contribution in [3.8, 4) is 0 Å². The second-order valence-electron chi connectivity index (χ2n) is 5.97. The van der Waals surface area contributed by atoms with Gasteiger partial charge in [-0.25, -0.2) is 0 Å². The smallest absolute Gasteiger partial charge is 0.250 e. The number of amides is 1. The minimum Gasteiger partial charge on any atom is -0.366 e. The average molecular weight is 319 g/mol. The molecule has 1 spiro atoms. The van der Waals surface area contributed by atoms with Crippen molar-refractivity contribution in [1.82, 2.24) is 4.98 Å². The number of benzene rings is 1. The highest BCUT2D eigenvalue weighted by Crippen LogP contribution is 2.56. The molecule has 2 aromatic rings. The van der Waals surface area contributed by atoms with Crippen LogP contribution in [0.1, 0.15) is 40.9 Å². The number of primary amides is 1. The molecule has 0 bridgehead atoms. The lowest BCUT2D eigenvalue weighted by molar-refractivity contribution is 0.100. The zero-order valence-electron chi connectivity index (χ0n) is 10.6. The van der Waals surface area contributed by atoms with E-state index in [1.165, 1.54) is 30.5 Å². The minimum absolute atomic E-state index is 0.364. The SMILES string of the molecule is NC(=O)c1ccc(Br)c2c3c([nH]c12)CCC1(CC1)C3. The maximum atomic E-state index is 11.6. The van der Waals surface area contributed by atoms with Crippen LogP contribution in [0.4, 0.5) is 0 Å². The number of halogens is 1. The Hall–Kier alpha value is -1.29. The summed E-state index contributed by atoms with van der Waals surface area (Å²) in [5, 5.41) is 1.16. The summed E-state index contributed by atoms with van der Waals surface area (Å²) in [6, 6.07) is 3.73. The molecule has 0 aliphatic heterocycles. The first-order valence-corrected chi connectivity index (χ1v) is 7.51. The Bertz CT molecular complexity index is 712. The lowest BCUT2D eigenvalue weighted by Crippen LogP contribution is -2.14. The molecule has 0 atom stereocenters. The molecule has 4 rings (SSSR count). The quantitative estimate of drug-likeness (QED) is 0.832. The van der Waals surface area contributed by atoms with Gasteiger partial charge in [0.25, 0.3) is 5.91 Å². The molecular weight excluding hydrogens is 304 g/mol. The van der Waals surface area contributed by atoms with Gasteiger partial charge in [0.05, 0.1) is 11.1 Å². The van der Waals surface area contributed by atoms with Crippen molar-refractivity contribution in [2.75, 3.05) is 0 Å². The Morgan fingerprint density at radius 2 is 2.11 bits per heavy atom. The van der Waals surface area contributed by atoms with Crippen LogP contribution in [0.15, 0.2) is 16.6 Å². The Labute approximate surface area is 119 Å². The van der Waals surface area contributed by atoms with Crippen LogP contribution >= 0.6 is 15.9 Å². The van der Waals surface area contributed by atoms with Gasteiger partial charge in [-0.15, -0.1) is 0 Å². The number of aromatic amines is 1. The number of carbonyl (C=O) groups excluding carboxylic acids is 1. The second-order valence-corrected chi connectivity index (χ2v) is 6.82. The van der Waals surface area contributed by atoms with Gasteiger partial charge < -0.3 is 10.7 Å². The normalized spacial score (nSPS) is 19.6. The van der Waals surface area contributed by atoms with Crippen molar-refractivity contribution in [2.45, 2.75) is 32.1 Å². The number of H-pyrrole nitrogens is 1. The van der Waals surface area contributed by atoms with Crippen molar-refractivity contribution < 1.29 is 4.79 Å². The number of fused-ring (bicyclic) bond motifs is 3. The van der Waals surface area contributed by atoms with E-state index in [2.05, 4.69) is 20.9 Å². The number of nitrogens with two attached hydrogens (primary N) is 1. The number of hydrogen-bond acceptors (Lipinski definition) is 1. The fourth-order valence-corrected chi connectivity index (χ4v) is 4.02. The second kappa shape index (κ2) is 3.63. The van der Waals surface area contributed by atoms with Crippen LogP contribution in [-0.4, -0.2) is 10.9 Å². The standard InChI is InChI=1S/C15H15BrN2O/c16-10-2-1-8(14(17)19)13-12(10)9-7-15(5-6-15)4-3-11(9)18-13/h1-2,18H,3-7H2,(H2,17,19). The van der Waals surface area contributed by atoms with Gasteiger partial charge in [0.2, 0.25) is 0 Å². The van der Waals surface area contributed by atoms with Crippen molar-refractivity contribution >= 4 is 32.7 Å². The van der Waals surface area contributed by atoms with Gasteiger partial charge in [0.15, 0.2) is 0 Å². The van der Waals surface area contributed by atoms with Crippen LogP contribution in [0, 0.1) is 5.41 Å². The third-order valence-electron chi connectivity index (χ3n) is 4.78. The summed E-state index contributed by atoms with van der Waals surface area (Å²) in [4.78, 5) is 15.0. The molecule has 3 nitrogen and oxygen atoms in total. The van der Waals surface area contributed by atoms with E-state index in [-0.39, 0.29) is 5.91 Å². The van der Waals surface area contributed by atoms with Gasteiger partial charge in [-0.1, -0.05) is 15.9 Å². The summed E-state index contributed by atoms with van der Waals surface area (Å²) >= 11 is 3.62. The lowest BCUT2D eigenvalue weighted by atomic mass is 9.84. The lowest BCUT2D eigenvalue weighted by Gasteiger charge is -2.21. The van der Waals surface area contributed by atoms with E-state index in [9.17, 15) is 4.79 Å². The molecule has 4 heteroatoms. The van der Waals surface area contributed by atoms with Crippen molar-refractivity contribution in [3.05, 3.63) is 33.4 Å². The first kappa shape index (κ1) is 11.5. The summed E-state index contributed by atoms with van der Waals surface area (Å²) in [7, 11) is 0. The molecule has 0 saturated heterocycles. The molecule has 1 fully saturated rings. The molecule has 1 aromatic carbocycles. The topological polar surface area (TPSA) is 58.9 Å². The predicted octanol–water partition coefficient (Wildman–Crippen LogP) is 3.30. The summed E-state index contributed by atoms with van der Waals surface area (Å²) in [6.07, 6.45) is 6.21. The van der Waals surface area contributed by atoms with Gasteiger partial charge >= 0.3 is 0 Å². The Kier molecular flexibility index (Phi) is 2.20. The molecule has 3 N–H and O–H groups in total. The average Bonchev–Trinajstić information content (AvgIpc) is 3.00. The first-order valence-electron chi connectivity index (χ1n) is 6.71. The van der Waals surface area contributed by atoms with Crippen LogP contribution in [0.2, 0.25) is 0 Å². The summed E-state index contributed by atoms with van der Waals surface area (Å²) < 4.78 is 1.06. The maximum Gasteiger partial charge on any atom is 0.250 e. The Morgan fingerprint density at radius 3 is 2.79 bits per heavy atom. The number of nitrogens with one attached hydrogen (secondary N) is 1. The highest BCUT2D eigenvalue weighted by molar-refractivity contribution is 9.10. The molecule has 1 heterocycles. The maximum absolute atomic E-state index is 11.6. The number of aryl methyl sites for hydroxylation is 1. The zero-order chi connectivity index (χ0) is 13.2.